The molecule has 8 nitrogen and oxygen atoms in total. The smallest absolute Gasteiger partial charge is 0.352 e. The van der Waals surface area contributed by atoms with Crippen LogP contribution in [0.1, 0.15) is 19.3 Å². The summed E-state index contributed by atoms with van der Waals surface area (Å²) in [5.41, 5.74) is 5.27. The standard InChI is InChI=1S/C12H20N6O2/c1-17-6-3-9(4-7-17)2-5-14-12-10(18(19)20)11(13)15-8-16-12/h8-9H,2-7H2,1H3,(H3,13,14,15,16). The van der Waals surface area contributed by atoms with Crippen LogP contribution in [-0.4, -0.2) is 46.5 Å². The maximum absolute atomic E-state index is 10.9. The van der Waals surface area contributed by atoms with Crippen LogP contribution in [0.25, 0.3) is 0 Å². The molecule has 0 amide bonds. The third-order valence-electron chi connectivity index (χ3n) is 3.72. The second-order valence-electron chi connectivity index (χ2n) is 5.18. The van der Waals surface area contributed by atoms with Crippen molar-refractivity contribution < 1.29 is 4.92 Å². The fourth-order valence-electron chi connectivity index (χ4n) is 2.45. The Hall–Kier alpha value is -1.96. The first-order valence-corrected chi connectivity index (χ1v) is 6.75. The third kappa shape index (κ3) is 3.53. The normalized spacial score (nSPS) is 17.1. The Balaban J connectivity index is 1.88. The van der Waals surface area contributed by atoms with E-state index in [-0.39, 0.29) is 17.3 Å². The molecule has 1 aromatic heterocycles. The molecular weight excluding hydrogens is 260 g/mol. The van der Waals surface area contributed by atoms with Gasteiger partial charge < -0.3 is 16.0 Å². The molecule has 1 fully saturated rings. The molecule has 1 aromatic rings. The van der Waals surface area contributed by atoms with Gasteiger partial charge in [0.2, 0.25) is 11.6 Å². The Morgan fingerprint density at radius 1 is 1.50 bits per heavy atom. The van der Waals surface area contributed by atoms with Crippen LogP contribution in [0.4, 0.5) is 17.3 Å². The molecule has 2 rings (SSSR count). The molecule has 0 bridgehead atoms. The van der Waals surface area contributed by atoms with E-state index in [9.17, 15) is 10.1 Å². The van der Waals surface area contributed by atoms with Gasteiger partial charge >= 0.3 is 5.69 Å². The van der Waals surface area contributed by atoms with Gasteiger partial charge in [0.05, 0.1) is 4.92 Å². The van der Waals surface area contributed by atoms with Crippen LogP contribution in [0, 0.1) is 16.0 Å². The van der Waals surface area contributed by atoms with Crippen LogP contribution >= 0.6 is 0 Å². The molecule has 0 unspecified atom stereocenters. The topological polar surface area (TPSA) is 110 Å². The minimum atomic E-state index is -0.548. The van der Waals surface area contributed by atoms with Gasteiger partial charge in [0.25, 0.3) is 0 Å². The van der Waals surface area contributed by atoms with Crippen LogP contribution in [0.5, 0.6) is 0 Å². The highest BCUT2D eigenvalue weighted by Crippen LogP contribution is 2.26. The molecule has 0 radical (unpaired) electrons. The van der Waals surface area contributed by atoms with E-state index >= 15 is 0 Å². The summed E-state index contributed by atoms with van der Waals surface area (Å²) < 4.78 is 0. The van der Waals surface area contributed by atoms with Crippen molar-refractivity contribution in [3.8, 4) is 0 Å². The minimum absolute atomic E-state index is 0.105. The monoisotopic (exact) mass is 280 g/mol. The molecule has 8 heteroatoms. The highest BCUT2D eigenvalue weighted by atomic mass is 16.6. The van der Waals surface area contributed by atoms with Crippen LogP contribution < -0.4 is 11.1 Å². The molecule has 0 spiro atoms. The summed E-state index contributed by atoms with van der Waals surface area (Å²) in [6, 6.07) is 0. The van der Waals surface area contributed by atoms with E-state index in [0.717, 1.165) is 19.5 Å². The second-order valence-corrected chi connectivity index (χ2v) is 5.18. The molecule has 20 heavy (non-hydrogen) atoms. The van der Waals surface area contributed by atoms with Gasteiger partial charge in [0.1, 0.15) is 6.33 Å². The van der Waals surface area contributed by atoms with Crippen molar-refractivity contribution >= 4 is 17.3 Å². The van der Waals surface area contributed by atoms with Gasteiger partial charge in [-0.05, 0) is 45.3 Å². The van der Waals surface area contributed by atoms with Crippen LogP contribution in [0.2, 0.25) is 0 Å². The number of nitrogens with one attached hydrogen (secondary N) is 1. The van der Waals surface area contributed by atoms with Gasteiger partial charge in [-0.1, -0.05) is 0 Å². The predicted molar refractivity (Wildman–Crippen MR) is 76.4 cm³/mol. The average Bonchev–Trinajstić information content (AvgIpc) is 2.40. The number of nitro groups is 1. The van der Waals surface area contributed by atoms with Gasteiger partial charge in [0.15, 0.2) is 0 Å². The van der Waals surface area contributed by atoms with E-state index in [1.165, 1.54) is 19.2 Å². The zero-order valence-electron chi connectivity index (χ0n) is 11.6. The van der Waals surface area contributed by atoms with Gasteiger partial charge in [-0.2, -0.15) is 0 Å². The first kappa shape index (κ1) is 14.4. The molecule has 2 heterocycles. The van der Waals surface area contributed by atoms with Gasteiger partial charge in [-0.25, -0.2) is 9.97 Å². The number of aromatic nitrogens is 2. The van der Waals surface area contributed by atoms with Crippen LogP contribution in [-0.2, 0) is 0 Å². The lowest BCUT2D eigenvalue weighted by atomic mass is 9.94. The van der Waals surface area contributed by atoms with Crippen molar-refractivity contribution in [2.24, 2.45) is 5.92 Å². The highest BCUT2D eigenvalue weighted by Gasteiger charge is 2.21. The molecule has 0 atom stereocenters. The lowest BCUT2D eigenvalue weighted by molar-refractivity contribution is -0.383. The Bertz CT molecular complexity index is 473. The lowest BCUT2D eigenvalue weighted by Crippen LogP contribution is -2.30. The van der Waals surface area contributed by atoms with Crippen molar-refractivity contribution in [3.63, 3.8) is 0 Å². The number of anilines is 2. The van der Waals surface area contributed by atoms with Crippen LogP contribution in [0.3, 0.4) is 0 Å². The number of nitrogen functional groups attached to an aromatic ring is 1. The van der Waals surface area contributed by atoms with Crippen molar-refractivity contribution in [2.75, 3.05) is 37.7 Å². The third-order valence-corrected chi connectivity index (χ3v) is 3.72. The molecule has 110 valence electrons. The van der Waals surface area contributed by atoms with Crippen molar-refractivity contribution in [2.45, 2.75) is 19.3 Å². The first-order valence-electron chi connectivity index (χ1n) is 6.75. The van der Waals surface area contributed by atoms with E-state index in [1.54, 1.807) is 0 Å². The quantitative estimate of drug-likeness (QED) is 0.614. The fourth-order valence-corrected chi connectivity index (χ4v) is 2.45. The summed E-state index contributed by atoms with van der Waals surface area (Å²) in [4.78, 5) is 20.3. The lowest BCUT2D eigenvalue weighted by Gasteiger charge is -2.28. The number of nitrogens with zero attached hydrogens (tertiary/aromatic N) is 4. The summed E-state index contributed by atoms with van der Waals surface area (Å²) in [6.07, 6.45) is 4.56. The molecule has 1 aliphatic rings. The molecule has 1 aliphatic heterocycles. The zero-order chi connectivity index (χ0) is 14.5. The Morgan fingerprint density at radius 3 is 2.85 bits per heavy atom. The van der Waals surface area contributed by atoms with Gasteiger partial charge in [-0.15, -0.1) is 0 Å². The van der Waals surface area contributed by atoms with E-state index in [0.29, 0.717) is 12.5 Å². The molecule has 3 N–H and O–H groups in total. The van der Waals surface area contributed by atoms with E-state index in [2.05, 4.69) is 27.2 Å². The number of nitrogens with two attached hydrogens (primary N) is 1. The maximum Gasteiger partial charge on any atom is 0.352 e. The second kappa shape index (κ2) is 6.47. The van der Waals surface area contributed by atoms with Crippen molar-refractivity contribution in [1.29, 1.82) is 0 Å². The largest absolute Gasteiger partial charge is 0.378 e. The number of rotatable bonds is 5. The number of piperidine rings is 1. The summed E-state index contributed by atoms with van der Waals surface area (Å²) in [6.45, 7) is 2.89. The zero-order valence-corrected chi connectivity index (χ0v) is 11.6. The molecule has 0 saturated carbocycles. The maximum atomic E-state index is 10.9. The summed E-state index contributed by atoms with van der Waals surface area (Å²) in [5.74, 6) is 0.763. The van der Waals surface area contributed by atoms with Crippen molar-refractivity contribution in [3.05, 3.63) is 16.4 Å². The molecule has 0 aromatic carbocycles. The molecule has 1 saturated heterocycles. The average molecular weight is 280 g/mol. The summed E-state index contributed by atoms with van der Waals surface area (Å²) in [5, 5.41) is 14.0. The summed E-state index contributed by atoms with van der Waals surface area (Å²) in [7, 11) is 2.13. The minimum Gasteiger partial charge on any atom is -0.378 e. The Morgan fingerprint density at radius 2 is 2.20 bits per heavy atom. The first-order chi connectivity index (χ1) is 9.58. The van der Waals surface area contributed by atoms with Crippen LogP contribution in [0.15, 0.2) is 6.33 Å². The molecular formula is C12H20N6O2. The Kier molecular flexibility index (Phi) is 4.67. The number of likely N-dealkylation sites (tertiary alicyclic amines) is 1. The number of hydrogen-bond donors (Lipinski definition) is 2. The highest BCUT2D eigenvalue weighted by molar-refractivity contribution is 5.67. The van der Waals surface area contributed by atoms with Gasteiger partial charge in [0, 0.05) is 6.54 Å². The fraction of sp³-hybridized carbons (Fsp3) is 0.667. The Labute approximate surface area is 117 Å². The number of hydrogen-bond acceptors (Lipinski definition) is 7. The summed E-state index contributed by atoms with van der Waals surface area (Å²) >= 11 is 0. The van der Waals surface area contributed by atoms with E-state index in [1.807, 2.05) is 0 Å². The van der Waals surface area contributed by atoms with Gasteiger partial charge in [-0.3, -0.25) is 10.1 Å². The van der Waals surface area contributed by atoms with E-state index < -0.39 is 4.92 Å². The molecule has 0 aliphatic carbocycles. The van der Waals surface area contributed by atoms with E-state index in [4.69, 9.17) is 5.73 Å². The predicted octanol–water partition coefficient (Wildman–Crippen LogP) is 1.11. The SMILES string of the molecule is CN1CCC(CCNc2ncnc(N)c2[N+](=O)[O-])CC1. The van der Waals surface area contributed by atoms with Crippen molar-refractivity contribution in [1.82, 2.24) is 14.9 Å².